The maximum absolute atomic E-state index is 11.2. The van der Waals surface area contributed by atoms with Gasteiger partial charge in [0.15, 0.2) is 0 Å². The lowest BCUT2D eigenvalue weighted by molar-refractivity contribution is 0.0697. The van der Waals surface area contributed by atoms with E-state index in [0.717, 1.165) is 28.6 Å². The van der Waals surface area contributed by atoms with Gasteiger partial charge in [-0.25, -0.2) is 4.79 Å². The quantitative estimate of drug-likeness (QED) is 0.468. The minimum Gasteiger partial charge on any atom is -0.491 e. The Labute approximate surface area is 177 Å². The average molecular weight is 405 g/mol. The van der Waals surface area contributed by atoms with E-state index < -0.39 is 5.97 Å². The summed E-state index contributed by atoms with van der Waals surface area (Å²) in [6.07, 6.45) is 0.202. The molecule has 0 bridgehead atoms. The van der Waals surface area contributed by atoms with Crippen molar-refractivity contribution >= 4 is 23.0 Å². The van der Waals surface area contributed by atoms with E-state index in [1.165, 1.54) is 0 Å². The molecule has 5 heteroatoms. The fraction of sp³-hybridized carbons (Fsp3) is 0.240. The van der Waals surface area contributed by atoms with Crippen LogP contribution in [0.1, 0.15) is 38.1 Å². The highest BCUT2D eigenvalue weighted by atomic mass is 16.5. The molecule has 0 aliphatic rings. The Morgan fingerprint density at radius 1 is 0.667 bits per heavy atom. The lowest BCUT2D eigenvalue weighted by Gasteiger charge is -2.26. The Balaban J connectivity index is 1.99. The molecule has 1 N–H and O–H groups in total. The zero-order valence-corrected chi connectivity index (χ0v) is 17.7. The van der Waals surface area contributed by atoms with Crippen molar-refractivity contribution in [1.82, 2.24) is 0 Å². The molecular formula is C25H27NO4. The molecule has 0 aliphatic carbocycles. The summed E-state index contributed by atoms with van der Waals surface area (Å²) in [6, 6.07) is 22.5. The Kier molecular flexibility index (Phi) is 6.62. The first-order valence-electron chi connectivity index (χ1n) is 10.0. The summed E-state index contributed by atoms with van der Waals surface area (Å²) in [6.45, 7) is 7.96. The van der Waals surface area contributed by atoms with Crippen LogP contribution in [0.15, 0.2) is 72.8 Å². The number of ether oxygens (including phenoxy) is 2. The molecule has 156 valence electrons. The van der Waals surface area contributed by atoms with Gasteiger partial charge in [0.05, 0.1) is 17.8 Å². The smallest absolute Gasteiger partial charge is 0.335 e. The van der Waals surface area contributed by atoms with E-state index in [1.807, 2.05) is 76.2 Å². The van der Waals surface area contributed by atoms with Crippen molar-refractivity contribution in [2.45, 2.75) is 39.9 Å². The molecule has 0 aliphatic heterocycles. The number of nitrogens with zero attached hydrogens (tertiary/aromatic N) is 1. The van der Waals surface area contributed by atoms with Crippen molar-refractivity contribution in [2.75, 3.05) is 4.90 Å². The van der Waals surface area contributed by atoms with Gasteiger partial charge in [-0.3, -0.25) is 0 Å². The molecule has 3 rings (SSSR count). The van der Waals surface area contributed by atoms with Crippen LogP contribution >= 0.6 is 0 Å². The Hall–Kier alpha value is -3.47. The molecule has 0 saturated heterocycles. The van der Waals surface area contributed by atoms with E-state index in [4.69, 9.17) is 9.47 Å². The second kappa shape index (κ2) is 9.35. The van der Waals surface area contributed by atoms with Gasteiger partial charge < -0.3 is 19.5 Å². The predicted octanol–water partition coefficient (Wildman–Crippen LogP) is 6.43. The van der Waals surface area contributed by atoms with Gasteiger partial charge in [0.25, 0.3) is 0 Å². The minimum absolute atomic E-state index is 0.101. The van der Waals surface area contributed by atoms with E-state index in [2.05, 4.69) is 4.90 Å². The SMILES string of the molecule is CC(C)Oc1ccc(N(c2ccc(OC(C)C)cc2)c2ccc(C(=O)O)cc2)cc1. The number of hydrogen-bond donors (Lipinski definition) is 1. The van der Waals surface area contributed by atoms with Gasteiger partial charge >= 0.3 is 5.97 Å². The van der Waals surface area contributed by atoms with Crippen LogP contribution in [0.4, 0.5) is 17.1 Å². The number of carboxylic acid groups (broad SMARTS) is 1. The summed E-state index contributed by atoms with van der Waals surface area (Å²) < 4.78 is 11.5. The summed E-state index contributed by atoms with van der Waals surface area (Å²) in [5.74, 6) is 0.657. The lowest BCUT2D eigenvalue weighted by atomic mass is 10.1. The molecule has 3 aromatic carbocycles. The zero-order valence-electron chi connectivity index (χ0n) is 17.7. The second-order valence-electron chi connectivity index (χ2n) is 7.51. The van der Waals surface area contributed by atoms with E-state index in [1.54, 1.807) is 24.3 Å². The normalized spacial score (nSPS) is 10.9. The summed E-state index contributed by atoms with van der Waals surface area (Å²) in [5.41, 5.74) is 2.98. The van der Waals surface area contributed by atoms with Crippen molar-refractivity contribution in [1.29, 1.82) is 0 Å². The lowest BCUT2D eigenvalue weighted by Crippen LogP contribution is -2.11. The van der Waals surface area contributed by atoms with Crippen LogP contribution in [0.3, 0.4) is 0 Å². The van der Waals surface area contributed by atoms with E-state index in [-0.39, 0.29) is 17.8 Å². The van der Waals surface area contributed by atoms with Crippen LogP contribution in [-0.4, -0.2) is 23.3 Å². The van der Waals surface area contributed by atoms with E-state index in [0.29, 0.717) is 0 Å². The molecule has 0 unspecified atom stereocenters. The van der Waals surface area contributed by atoms with Crippen molar-refractivity contribution in [3.8, 4) is 11.5 Å². The number of benzene rings is 3. The molecule has 0 saturated carbocycles. The van der Waals surface area contributed by atoms with Crippen LogP contribution in [0.2, 0.25) is 0 Å². The van der Waals surface area contributed by atoms with Crippen LogP contribution in [0.25, 0.3) is 0 Å². The van der Waals surface area contributed by atoms with Crippen molar-refractivity contribution in [3.05, 3.63) is 78.4 Å². The molecule has 0 spiro atoms. The largest absolute Gasteiger partial charge is 0.491 e. The van der Waals surface area contributed by atoms with Crippen LogP contribution in [-0.2, 0) is 0 Å². The average Bonchev–Trinajstić information content (AvgIpc) is 2.70. The minimum atomic E-state index is -0.946. The van der Waals surface area contributed by atoms with E-state index in [9.17, 15) is 9.90 Å². The molecule has 0 radical (unpaired) electrons. The third-order valence-electron chi connectivity index (χ3n) is 4.31. The van der Waals surface area contributed by atoms with Crippen LogP contribution < -0.4 is 14.4 Å². The summed E-state index contributed by atoms with van der Waals surface area (Å²) in [7, 11) is 0. The first-order valence-corrected chi connectivity index (χ1v) is 10.0. The standard InChI is InChI=1S/C25H27NO4/c1-17(2)29-23-13-9-21(10-14-23)26(20-7-5-19(6-8-20)25(27)28)22-11-15-24(16-12-22)30-18(3)4/h5-18H,1-4H3,(H,27,28). The molecule has 0 amide bonds. The number of anilines is 3. The highest BCUT2D eigenvalue weighted by molar-refractivity contribution is 5.88. The topological polar surface area (TPSA) is 59.0 Å². The third-order valence-corrected chi connectivity index (χ3v) is 4.31. The van der Waals surface area contributed by atoms with Gasteiger partial charge in [-0.2, -0.15) is 0 Å². The molecular weight excluding hydrogens is 378 g/mol. The Bertz CT molecular complexity index is 908. The molecule has 30 heavy (non-hydrogen) atoms. The van der Waals surface area contributed by atoms with Crippen molar-refractivity contribution in [3.63, 3.8) is 0 Å². The van der Waals surface area contributed by atoms with Crippen molar-refractivity contribution < 1.29 is 19.4 Å². The molecule has 0 aromatic heterocycles. The first kappa shape index (κ1) is 21.2. The fourth-order valence-corrected chi connectivity index (χ4v) is 3.09. The maximum Gasteiger partial charge on any atom is 0.335 e. The maximum atomic E-state index is 11.2. The van der Waals surface area contributed by atoms with Gasteiger partial charge in [-0.15, -0.1) is 0 Å². The van der Waals surface area contributed by atoms with Gasteiger partial charge in [-0.1, -0.05) is 0 Å². The Morgan fingerprint density at radius 3 is 1.30 bits per heavy atom. The van der Waals surface area contributed by atoms with Crippen molar-refractivity contribution in [2.24, 2.45) is 0 Å². The predicted molar refractivity (Wildman–Crippen MR) is 120 cm³/mol. The second-order valence-corrected chi connectivity index (χ2v) is 7.51. The van der Waals surface area contributed by atoms with Crippen LogP contribution in [0, 0.1) is 0 Å². The number of hydrogen-bond acceptors (Lipinski definition) is 4. The zero-order chi connectivity index (χ0) is 21.7. The van der Waals surface area contributed by atoms with Crippen LogP contribution in [0.5, 0.6) is 11.5 Å². The fourth-order valence-electron chi connectivity index (χ4n) is 3.09. The highest BCUT2D eigenvalue weighted by Crippen LogP contribution is 2.36. The van der Waals surface area contributed by atoms with Gasteiger partial charge in [0.1, 0.15) is 11.5 Å². The highest BCUT2D eigenvalue weighted by Gasteiger charge is 2.14. The number of carboxylic acids is 1. The number of aromatic carboxylic acids is 1. The summed E-state index contributed by atoms with van der Waals surface area (Å²) >= 11 is 0. The van der Waals surface area contributed by atoms with E-state index >= 15 is 0 Å². The first-order chi connectivity index (χ1) is 14.3. The molecule has 0 heterocycles. The third kappa shape index (κ3) is 5.32. The number of rotatable bonds is 8. The Morgan fingerprint density at radius 2 is 1.00 bits per heavy atom. The molecule has 0 atom stereocenters. The van der Waals surface area contributed by atoms with Gasteiger partial charge in [-0.05, 0) is 100 Å². The number of carbonyl (C=O) groups is 1. The monoisotopic (exact) mass is 405 g/mol. The summed E-state index contributed by atoms with van der Waals surface area (Å²) in [5, 5.41) is 9.21. The molecule has 3 aromatic rings. The van der Waals surface area contributed by atoms with Gasteiger partial charge in [0, 0.05) is 17.1 Å². The van der Waals surface area contributed by atoms with Gasteiger partial charge in [0.2, 0.25) is 0 Å². The molecule has 0 fully saturated rings. The summed E-state index contributed by atoms with van der Waals surface area (Å²) in [4.78, 5) is 13.3. The molecule has 5 nitrogen and oxygen atoms in total.